The molecule has 0 aliphatic carbocycles. The van der Waals surface area contributed by atoms with E-state index in [1.165, 1.54) is 28.0 Å². The molecule has 0 aromatic rings. The number of hydrogen-bond donors (Lipinski definition) is 1. The second-order valence-corrected chi connectivity index (χ2v) is 3.56. The van der Waals surface area contributed by atoms with E-state index in [-0.39, 0.29) is 0 Å². The van der Waals surface area contributed by atoms with Gasteiger partial charge < -0.3 is 0 Å². The summed E-state index contributed by atoms with van der Waals surface area (Å²) in [5.41, 5.74) is 0. The maximum atomic E-state index is 3.26. The Morgan fingerprint density at radius 3 is 1.88 bits per heavy atom. The molecule has 0 bridgehead atoms. The van der Waals surface area contributed by atoms with Crippen LogP contribution in [-0.2, 0) is 34.0 Å². The van der Waals surface area contributed by atoms with Crippen molar-refractivity contribution in [3.63, 3.8) is 0 Å². The Morgan fingerprint density at radius 1 is 1.12 bits per heavy atom. The van der Waals surface area contributed by atoms with Crippen molar-refractivity contribution in [1.82, 2.24) is 5.32 Å². The van der Waals surface area contributed by atoms with Crippen LogP contribution in [0.25, 0.3) is 0 Å². The zero-order chi connectivity index (χ0) is 5.98. The molecule has 0 spiro atoms. The van der Waals surface area contributed by atoms with Crippen LogP contribution >= 0.6 is 0 Å². The van der Waals surface area contributed by atoms with Gasteiger partial charge in [-0.1, -0.05) is 0 Å². The Hall–Kier alpha value is 0.869. The molecule has 1 heterocycles. The normalized spacial score (nSPS) is 21.2. The second-order valence-electron chi connectivity index (χ2n) is 1.87. The summed E-state index contributed by atoms with van der Waals surface area (Å²) in [6, 6.07) is 0. The van der Waals surface area contributed by atoms with Crippen LogP contribution in [0.5, 0.6) is 0 Å². The van der Waals surface area contributed by atoms with E-state index in [4.69, 9.17) is 0 Å². The molecule has 0 aromatic heterocycles. The molecule has 1 rings (SSSR count). The summed E-state index contributed by atoms with van der Waals surface area (Å²) in [6.07, 6.45) is 3.75. The summed E-state index contributed by atoms with van der Waals surface area (Å²) >= 11 is 5.13. The van der Waals surface area contributed by atoms with Crippen molar-refractivity contribution in [1.29, 1.82) is 0 Å². The van der Waals surface area contributed by atoms with Gasteiger partial charge in [-0.15, -0.1) is 0 Å². The van der Waals surface area contributed by atoms with Crippen LogP contribution in [0, 0.1) is 0 Å². The van der Waals surface area contributed by atoms with E-state index >= 15 is 0 Å². The topological polar surface area (TPSA) is 12.0 Å². The molecule has 0 aromatic carbocycles. The quantitative estimate of drug-likeness (QED) is 0.562. The monoisotopic (exact) mass is 183 g/mol. The van der Waals surface area contributed by atoms with Gasteiger partial charge in [-0.05, 0) is 0 Å². The second kappa shape index (κ2) is 3.14. The zero-order valence-corrected chi connectivity index (χ0v) is 7.31. The van der Waals surface area contributed by atoms with Gasteiger partial charge in [0, 0.05) is 0 Å². The van der Waals surface area contributed by atoms with E-state index in [9.17, 15) is 0 Å². The fourth-order valence-electron chi connectivity index (χ4n) is 0.715. The molecule has 1 aliphatic rings. The van der Waals surface area contributed by atoms with E-state index in [1.54, 1.807) is 0 Å². The fourth-order valence-corrected chi connectivity index (χ4v) is 1.86. The van der Waals surface area contributed by atoms with Gasteiger partial charge in [0.25, 0.3) is 0 Å². The molecule has 1 aliphatic heterocycles. The molecule has 1 fully saturated rings. The van der Waals surface area contributed by atoms with E-state index < -0.39 is 0 Å². The fraction of sp³-hybridized carbons (Fsp3) is 0.600. The number of nitrogens with one attached hydrogen (secondary N) is 1. The van der Waals surface area contributed by atoms with E-state index in [2.05, 4.69) is 39.3 Å². The van der Waals surface area contributed by atoms with Crippen LogP contribution in [0.4, 0.5) is 0 Å². The summed E-state index contributed by atoms with van der Waals surface area (Å²) < 4.78 is 2.69. The molecular formula is C5H7NV2. The Bertz CT molecular complexity index is 116. The van der Waals surface area contributed by atoms with E-state index in [1.807, 2.05) is 0 Å². The summed E-state index contributed by atoms with van der Waals surface area (Å²) in [5.74, 6) is 0. The van der Waals surface area contributed by atoms with Crippen LogP contribution in [0.1, 0.15) is 19.3 Å². The molecule has 1 N–H and O–H groups in total. The molecule has 8 heavy (non-hydrogen) atoms. The van der Waals surface area contributed by atoms with Gasteiger partial charge in [0.15, 0.2) is 0 Å². The number of piperidine rings is 1. The molecule has 0 unspecified atom stereocenters. The third-order valence-corrected chi connectivity index (χ3v) is 2.16. The Labute approximate surface area is 67.2 Å². The first-order chi connectivity index (χ1) is 3.79. The molecule has 1 nitrogen and oxygen atoms in total. The van der Waals surface area contributed by atoms with Crippen molar-refractivity contribution in [3.8, 4) is 0 Å². The standard InChI is InChI=1S/C5H7N.2V/c1-2-4-6-5-3-1;;/h6H,1-3H2;;. The maximum absolute atomic E-state index is 3.26. The van der Waals surface area contributed by atoms with Crippen molar-refractivity contribution in [2.75, 3.05) is 0 Å². The van der Waals surface area contributed by atoms with Gasteiger partial charge >= 0.3 is 67.2 Å². The van der Waals surface area contributed by atoms with Gasteiger partial charge in [-0.25, -0.2) is 0 Å². The molecular weight excluding hydrogens is 176 g/mol. The third-order valence-electron chi connectivity index (χ3n) is 1.12. The SMILES string of the molecule is [V]=[C]1CCC[C](=[V])N1. The molecule has 42 valence electrons. The first-order valence-corrected chi connectivity index (χ1v) is 4.05. The molecule has 0 amide bonds. The van der Waals surface area contributed by atoms with Gasteiger partial charge in [0.1, 0.15) is 0 Å². The molecule has 0 saturated carbocycles. The van der Waals surface area contributed by atoms with E-state index in [0.717, 1.165) is 0 Å². The van der Waals surface area contributed by atoms with Crippen LogP contribution in [0.2, 0.25) is 0 Å². The predicted molar refractivity (Wildman–Crippen MR) is 27.0 cm³/mol. The van der Waals surface area contributed by atoms with Crippen molar-refractivity contribution >= 4 is 8.70 Å². The van der Waals surface area contributed by atoms with Crippen molar-refractivity contribution < 1.29 is 34.0 Å². The van der Waals surface area contributed by atoms with Crippen LogP contribution in [0.3, 0.4) is 0 Å². The Morgan fingerprint density at radius 2 is 1.62 bits per heavy atom. The predicted octanol–water partition coefficient (Wildman–Crippen LogP) is 0.113. The summed E-state index contributed by atoms with van der Waals surface area (Å²) in [7, 11) is 0. The van der Waals surface area contributed by atoms with Crippen LogP contribution in [-0.4, -0.2) is 8.70 Å². The van der Waals surface area contributed by atoms with Crippen molar-refractivity contribution in [3.05, 3.63) is 0 Å². The summed E-state index contributed by atoms with van der Waals surface area (Å²) in [4.78, 5) is 0. The first-order valence-electron chi connectivity index (χ1n) is 2.65. The first kappa shape index (κ1) is 6.98. The van der Waals surface area contributed by atoms with Gasteiger partial charge in [0.05, 0.1) is 0 Å². The Balaban J connectivity index is 2.45. The van der Waals surface area contributed by atoms with Crippen LogP contribution in [0.15, 0.2) is 0 Å². The number of hydrogen-bond acceptors (Lipinski definition) is 1. The molecule has 1 saturated heterocycles. The summed E-state index contributed by atoms with van der Waals surface area (Å²) in [6.45, 7) is 0. The summed E-state index contributed by atoms with van der Waals surface area (Å²) in [5, 5.41) is 3.26. The van der Waals surface area contributed by atoms with Crippen molar-refractivity contribution in [2.45, 2.75) is 19.3 Å². The minimum absolute atomic E-state index is 1.22. The Kier molecular flexibility index (Phi) is 2.74. The number of rotatable bonds is 0. The molecule has 3 heteroatoms. The average Bonchev–Trinajstić information content (AvgIpc) is 1.64. The van der Waals surface area contributed by atoms with Gasteiger partial charge in [-0.3, -0.25) is 0 Å². The van der Waals surface area contributed by atoms with Gasteiger partial charge in [-0.2, -0.15) is 0 Å². The zero-order valence-electron chi connectivity index (χ0n) is 4.52. The van der Waals surface area contributed by atoms with Crippen molar-refractivity contribution in [2.24, 2.45) is 0 Å². The molecule has 0 radical (unpaired) electrons. The van der Waals surface area contributed by atoms with Crippen LogP contribution < -0.4 is 5.32 Å². The third kappa shape index (κ3) is 2.00. The van der Waals surface area contributed by atoms with E-state index in [0.29, 0.717) is 0 Å². The minimum atomic E-state index is 1.22. The van der Waals surface area contributed by atoms with Gasteiger partial charge in [0.2, 0.25) is 0 Å². The molecule has 0 atom stereocenters. The average molecular weight is 183 g/mol.